The number of carboxylic acid groups (broad SMARTS) is 1. The highest BCUT2D eigenvalue weighted by atomic mass is 32.2. The standard InChI is InChI=1S/C7H12N2O3S/c10-7(11)6-5-13(12)4-3-9(6)8-1-2-8/h6H,1-5H2,(H,10,11). The lowest BCUT2D eigenvalue weighted by Gasteiger charge is -2.32. The largest absolute Gasteiger partial charge is 0.480 e. The van der Waals surface area contributed by atoms with Crippen molar-refractivity contribution < 1.29 is 14.1 Å². The van der Waals surface area contributed by atoms with E-state index in [0.29, 0.717) is 12.3 Å². The molecule has 0 radical (unpaired) electrons. The molecule has 0 bridgehead atoms. The molecule has 74 valence electrons. The van der Waals surface area contributed by atoms with Gasteiger partial charge in [0.1, 0.15) is 6.04 Å². The quantitative estimate of drug-likeness (QED) is 0.569. The number of hydrogen-bond donors (Lipinski definition) is 1. The van der Waals surface area contributed by atoms with Crippen LogP contribution in [-0.2, 0) is 15.6 Å². The van der Waals surface area contributed by atoms with Crippen LogP contribution >= 0.6 is 0 Å². The van der Waals surface area contributed by atoms with Crippen LogP contribution in [-0.4, -0.2) is 62.5 Å². The van der Waals surface area contributed by atoms with Gasteiger partial charge in [-0.2, -0.15) is 0 Å². The van der Waals surface area contributed by atoms with Crippen molar-refractivity contribution in [3.63, 3.8) is 0 Å². The summed E-state index contributed by atoms with van der Waals surface area (Å²) in [6.45, 7) is 2.50. The van der Waals surface area contributed by atoms with Gasteiger partial charge in [-0.3, -0.25) is 9.00 Å². The third kappa shape index (κ3) is 1.90. The monoisotopic (exact) mass is 204 g/mol. The smallest absolute Gasteiger partial charge is 0.323 e. The van der Waals surface area contributed by atoms with E-state index in [0.717, 1.165) is 13.1 Å². The zero-order chi connectivity index (χ0) is 9.42. The van der Waals surface area contributed by atoms with Crippen molar-refractivity contribution in [2.45, 2.75) is 6.04 Å². The van der Waals surface area contributed by atoms with Crippen molar-refractivity contribution in [1.29, 1.82) is 0 Å². The molecule has 2 heterocycles. The fraction of sp³-hybridized carbons (Fsp3) is 0.857. The van der Waals surface area contributed by atoms with Gasteiger partial charge in [-0.05, 0) is 0 Å². The molecule has 2 saturated heterocycles. The summed E-state index contributed by atoms with van der Waals surface area (Å²) in [5, 5.41) is 12.7. The van der Waals surface area contributed by atoms with Crippen molar-refractivity contribution in [1.82, 2.24) is 10.0 Å². The van der Waals surface area contributed by atoms with Gasteiger partial charge in [-0.25, -0.2) is 10.0 Å². The van der Waals surface area contributed by atoms with Gasteiger partial charge in [0.2, 0.25) is 0 Å². The molecule has 0 aromatic heterocycles. The van der Waals surface area contributed by atoms with Gasteiger partial charge >= 0.3 is 5.97 Å². The van der Waals surface area contributed by atoms with Crippen LogP contribution in [0.25, 0.3) is 0 Å². The third-order valence-electron chi connectivity index (χ3n) is 2.32. The molecule has 0 aromatic rings. The van der Waals surface area contributed by atoms with E-state index in [1.807, 2.05) is 10.0 Å². The van der Waals surface area contributed by atoms with Gasteiger partial charge < -0.3 is 5.11 Å². The lowest BCUT2D eigenvalue weighted by atomic mass is 10.3. The van der Waals surface area contributed by atoms with Crippen LogP contribution in [0, 0.1) is 0 Å². The van der Waals surface area contributed by atoms with E-state index in [2.05, 4.69) is 0 Å². The highest BCUT2D eigenvalue weighted by molar-refractivity contribution is 7.85. The third-order valence-corrected chi connectivity index (χ3v) is 3.65. The van der Waals surface area contributed by atoms with Gasteiger partial charge in [-0.1, -0.05) is 0 Å². The Morgan fingerprint density at radius 1 is 1.38 bits per heavy atom. The van der Waals surface area contributed by atoms with Crippen LogP contribution in [0.1, 0.15) is 0 Å². The number of hydrazine groups is 1. The van der Waals surface area contributed by atoms with E-state index in [1.54, 1.807) is 0 Å². The molecule has 1 N–H and O–H groups in total. The lowest BCUT2D eigenvalue weighted by molar-refractivity contribution is -0.146. The zero-order valence-corrected chi connectivity index (χ0v) is 8.00. The van der Waals surface area contributed by atoms with Crippen LogP contribution in [0.5, 0.6) is 0 Å². The molecule has 2 aliphatic heterocycles. The van der Waals surface area contributed by atoms with Gasteiger partial charge in [0.15, 0.2) is 0 Å². The predicted octanol–water partition coefficient (Wildman–Crippen LogP) is -1.27. The maximum atomic E-state index is 11.2. The molecule has 2 aliphatic rings. The summed E-state index contributed by atoms with van der Waals surface area (Å²) in [5.74, 6) is 0.00602. The Morgan fingerprint density at radius 3 is 2.62 bits per heavy atom. The number of nitrogens with zero attached hydrogens (tertiary/aromatic N) is 2. The van der Waals surface area contributed by atoms with Crippen LogP contribution in [0.4, 0.5) is 0 Å². The predicted molar refractivity (Wildman–Crippen MR) is 47.6 cm³/mol. The summed E-state index contributed by atoms with van der Waals surface area (Å²) in [4.78, 5) is 10.8. The Morgan fingerprint density at radius 2 is 2.08 bits per heavy atom. The molecule has 2 fully saturated rings. The van der Waals surface area contributed by atoms with Gasteiger partial charge in [0.05, 0.1) is 5.75 Å². The Labute approximate surface area is 78.7 Å². The molecular weight excluding hydrogens is 192 g/mol. The molecule has 2 atom stereocenters. The second kappa shape index (κ2) is 3.36. The topological polar surface area (TPSA) is 60.6 Å². The van der Waals surface area contributed by atoms with Gasteiger partial charge in [0.25, 0.3) is 0 Å². The Kier molecular flexibility index (Phi) is 2.35. The average molecular weight is 204 g/mol. The molecule has 0 saturated carbocycles. The molecule has 5 nitrogen and oxygen atoms in total. The first-order chi connectivity index (χ1) is 6.18. The highest BCUT2D eigenvalue weighted by Gasteiger charge is 2.39. The average Bonchev–Trinajstić information content (AvgIpc) is 2.87. The van der Waals surface area contributed by atoms with Gasteiger partial charge in [-0.15, -0.1) is 0 Å². The Hall–Kier alpha value is -0.460. The van der Waals surface area contributed by atoms with E-state index in [9.17, 15) is 9.00 Å². The summed E-state index contributed by atoms with van der Waals surface area (Å²) in [7, 11) is -0.949. The van der Waals surface area contributed by atoms with E-state index in [-0.39, 0.29) is 5.75 Å². The van der Waals surface area contributed by atoms with E-state index in [4.69, 9.17) is 5.11 Å². The fourth-order valence-corrected chi connectivity index (χ4v) is 2.76. The van der Waals surface area contributed by atoms with Crippen molar-refractivity contribution in [3.8, 4) is 0 Å². The number of hydrogen-bond acceptors (Lipinski definition) is 4. The maximum absolute atomic E-state index is 11.2. The Balaban J connectivity index is 2.06. The Bertz CT molecular complexity index is 254. The van der Waals surface area contributed by atoms with Crippen LogP contribution in [0.15, 0.2) is 0 Å². The summed E-state index contributed by atoms with van der Waals surface area (Å²) in [6.07, 6.45) is 0. The number of carboxylic acids is 1. The summed E-state index contributed by atoms with van der Waals surface area (Å²) in [5.41, 5.74) is 0. The molecular formula is C7H12N2O3S. The first-order valence-corrected chi connectivity index (χ1v) is 5.76. The van der Waals surface area contributed by atoms with E-state index >= 15 is 0 Å². The molecule has 13 heavy (non-hydrogen) atoms. The lowest BCUT2D eigenvalue weighted by Crippen LogP contribution is -2.53. The van der Waals surface area contributed by atoms with E-state index < -0.39 is 22.8 Å². The second-order valence-corrected chi connectivity index (χ2v) is 4.90. The molecule has 2 rings (SSSR count). The van der Waals surface area contributed by atoms with Crippen molar-refractivity contribution in [2.75, 3.05) is 31.1 Å². The molecule has 0 aliphatic carbocycles. The minimum absolute atomic E-state index is 0.270. The molecule has 6 heteroatoms. The minimum atomic E-state index is -0.949. The highest BCUT2D eigenvalue weighted by Crippen LogP contribution is 2.18. The number of rotatable bonds is 2. The zero-order valence-electron chi connectivity index (χ0n) is 7.18. The number of aliphatic carboxylic acids is 1. The van der Waals surface area contributed by atoms with Crippen LogP contribution in [0.3, 0.4) is 0 Å². The SMILES string of the molecule is O=C(O)C1CS(=O)CCN1N1CC1. The number of carbonyl (C=O) groups is 1. The van der Waals surface area contributed by atoms with E-state index in [1.165, 1.54) is 0 Å². The first kappa shape index (κ1) is 9.11. The first-order valence-electron chi connectivity index (χ1n) is 4.28. The van der Waals surface area contributed by atoms with Crippen molar-refractivity contribution in [2.24, 2.45) is 0 Å². The fourth-order valence-electron chi connectivity index (χ4n) is 1.54. The van der Waals surface area contributed by atoms with Crippen LogP contribution < -0.4 is 0 Å². The molecule has 0 aromatic carbocycles. The molecule has 2 unspecified atom stereocenters. The maximum Gasteiger partial charge on any atom is 0.323 e. The van der Waals surface area contributed by atoms with Gasteiger partial charge in [0, 0.05) is 36.2 Å². The molecule has 0 amide bonds. The second-order valence-electron chi connectivity index (χ2n) is 3.28. The van der Waals surface area contributed by atoms with Crippen LogP contribution in [0.2, 0.25) is 0 Å². The van der Waals surface area contributed by atoms with Crippen molar-refractivity contribution in [3.05, 3.63) is 0 Å². The summed E-state index contributed by atoms with van der Waals surface area (Å²) in [6, 6.07) is -0.572. The normalized spacial score (nSPS) is 36.0. The summed E-state index contributed by atoms with van der Waals surface area (Å²) >= 11 is 0. The molecule has 0 spiro atoms. The summed E-state index contributed by atoms with van der Waals surface area (Å²) < 4.78 is 11.2. The minimum Gasteiger partial charge on any atom is -0.480 e. The van der Waals surface area contributed by atoms with Crippen molar-refractivity contribution >= 4 is 16.8 Å².